The van der Waals surface area contributed by atoms with Crippen LogP contribution in [0.25, 0.3) is 11.5 Å². The van der Waals surface area contributed by atoms with Crippen molar-refractivity contribution in [2.75, 3.05) is 0 Å². The molecule has 0 aromatic carbocycles. The monoisotopic (exact) mass is 200 g/mol. The Kier molecular flexibility index (Phi) is 2.10. The number of aromatic nitrogens is 2. The summed E-state index contributed by atoms with van der Waals surface area (Å²) >= 11 is 7.11. The second-order valence-electron chi connectivity index (χ2n) is 2.16. The Labute approximate surface area is 78.0 Å². The second-order valence-corrected chi connectivity index (χ2v) is 3.21. The molecule has 2 heterocycles. The van der Waals surface area contributed by atoms with Crippen LogP contribution in [-0.4, -0.2) is 10.1 Å². The van der Waals surface area contributed by atoms with Crippen LogP contribution in [0.2, 0.25) is 0 Å². The van der Waals surface area contributed by atoms with E-state index in [4.69, 9.17) is 16.1 Å². The number of hydrogen-bond donors (Lipinski definition) is 0. The fourth-order valence-corrected chi connectivity index (χ4v) is 1.55. The Morgan fingerprint density at radius 3 is 3.08 bits per heavy atom. The number of alkyl halides is 1. The lowest BCUT2D eigenvalue weighted by Gasteiger charge is -1.81. The van der Waals surface area contributed by atoms with Gasteiger partial charge in [0.15, 0.2) is 5.82 Å². The summed E-state index contributed by atoms with van der Waals surface area (Å²) in [7, 11) is 0. The summed E-state index contributed by atoms with van der Waals surface area (Å²) in [6.45, 7) is 0. The van der Waals surface area contributed by atoms with Crippen molar-refractivity contribution in [2.24, 2.45) is 0 Å². The molecule has 0 fully saturated rings. The second kappa shape index (κ2) is 3.25. The van der Waals surface area contributed by atoms with E-state index in [0.717, 1.165) is 5.56 Å². The Balaban J connectivity index is 2.35. The van der Waals surface area contributed by atoms with Gasteiger partial charge < -0.3 is 4.52 Å². The fraction of sp³-hybridized carbons (Fsp3) is 0.143. The van der Waals surface area contributed by atoms with Gasteiger partial charge in [-0.2, -0.15) is 16.3 Å². The van der Waals surface area contributed by atoms with E-state index >= 15 is 0 Å². The first-order valence-corrected chi connectivity index (χ1v) is 4.79. The lowest BCUT2D eigenvalue weighted by Crippen LogP contribution is -1.78. The lowest BCUT2D eigenvalue weighted by atomic mass is 10.3. The minimum Gasteiger partial charge on any atom is -0.334 e. The Morgan fingerprint density at radius 2 is 2.50 bits per heavy atom. The van der Waals surface area contributed by atoms with Crippen LogP contribution < -0.4 is 0 Å². The molecule has 0 saturated carbocycles. The van der Waals surface area contributed by atoms with Gasteiger partial charge >= 0.3 is 0 Å². The average molecular weight is 201 g/mol. The standard InChI is InChI=1S/C7H5ClN2OS/c8-3-6-9-7(11-10-6)5-1-2-12-4-5/h1-2,4H,3H2. The Hall–Kier alpha value is -0.870. The molecule has 2 aromatic rings. The number of nitrogens with zero attached hydrogens (tertiary/aromatic N) is 2. The van der Waals surface area contributed by atoms with Gasteiger partial charge in [-0.05, 0) is 11.4 Å². The maximum absolute atomic E-state index is 5.52. The summed E-state index contributed by atoms with van der Waals surface area (Å²) in [5, 5.41) is 7.59. The average Bonchev–Trinajstić information content (AvgIpc) is 2.75. The van der Waals surface area contributed by atoms with Crippen LogP contribution in [0.3, 0.4) is 0 Å². The van der Waals surface area contributed by atoms with Crippen LogP contribution in [0.15, 0.2) is 21.3 Å². The zero-order valence-corrected chi connectivity index (χ0v) is 7.60. The topological polar surface area (TPSA) is 38.9 Å². The minimum atomic E-state index is 0.285. The molecule has 62 valence electrons. The molecule has 2 aromatic heterocycles. The van der Waals surface area contributed by atoms with Gasteiger partial charge in [-0.25, -0.2) is 0 Å². The summed E-state index contributed by atoms with van der Waals surface area (Å²) in [6.07, 6.45) is 0. The van der Waals surface area contributed by atoms with Crippen molar-refractivity contribution in [2.45, 2.75) is 5.88 Å². The number of thiophene rings is 1. The molecule has 0 amide bonds. The summed E-state index contributed by atoms with van der Waals surface area (Å²) < 4.78 is 4.96. The van der Waals surface area contributed by atoms with Gasteiger partial charge in [0.05, 0.1) is 11.4 Å². The molecule has 3 nitrogen and oxygen atoms in total. The van der Waals surface area contributed by atoms with E-state index in [0.29, 0.717) is 11.7 Å². The maximum atomic E-state index is 5.52. The highest BCUT2D eigenvalue weighted by atomic mass is 35.5. The number of halogens is 1. The molecule has 0 spiro atoms. The van der Waals surface area contributed by atoms with Gasteiger partial charge in [-0.15, -0.1) is 11.6 Å². The van der Waals surface area contributed by atoms with Crippen molar-refractivity contribution in [1.29, 1.82) is 0 Å². The van der Waals surface area contributed by atoms with Gasteiger partial charge in [0.2, 0.25) is 0 Å². The van der Waals surface area contributed by atoms with Gasteiger partial charge in [-0.1, -0.05) is 5.16 Å². The van der Waals surface area contributed by atoms with Crippen molar-refractivity contribution < 1.29 is 4.52 Å². The van der Waals surface area contributed by atoms with Crippen molar-refractivity contribution in [3.63, 3.8) is 0 Å². The van der Waals surface area contributed by atoms with E-state index in [1.54, 1.807) is 11.3 Å². The first-order chi connectivity index (χ1) is 5.90. The Bertz CT molecular complexity index is 357. The minimum absolute atomic E-state index is 0.285. The SMILES string of the molecule is ClCc1noc(-c2ccsc2)n1. The lowest BCUT2D eigenvalue weighted by molar-refractivity contribution is 0.425. The van der Waals surface area contributed by atoms with Crippen molar-refractivity contribution in [3.8, 4) is 11.5 Å². The molecule has 0 N–H and O–H groups in total. The van der Waals surface area contributed by atoms with Crippen LogP contribution in [0.1, 0.15) is 5.82 Å². The third-order valence-corrected chi connectivity index (χ3v) is 2.28. The molecule has 12 heavy (non-hydrogen) atoms. The van der Waals surface area contributed by atoms with Crippen molar-refractivity contribution in [1.82, 2.24) is 10.1 Å². The summed E-state index contributed by atoms with van der Waals surface area (Å²) in [5.41, 5.74) is 0.948. The smallest absolute Gasteiger partial charge is 0.258 e. The third kappa shape index (κ3) is 1.35. The van der Waals surface area contributed by atoms with E-state index in [1.807, 2.05) is 16.8 Å². The largest absolute Gasteiger partial charge is 0.334 e. The summed E-state index contributed by atoms with van der Waals surface area (Å²) in [6, 6.07) is 1.93. The summed E-state index contributed by atoms with van der Waals surface area (Å²) in [5.74, 6) is 1.35. The van der Waals surface area contributed by atoms with E-state index in [1.165, 1.54) is 0 Å². The zero-order valence-electron chi connectivity index (χ0n) is 6.03. The zero-order chi connectivity index (χ0) is 8.39. The molecule has 0 radical (unpaired) electrons. The predicted molar refractivity (Wildman–Crippen MR) is 47.2 cm³/mol. The highest BCUT2D eigenvalue weighted by molar-refractivity contribution is 7.08. The molecule has 0 atom stereocenters. The van der Waals surface area contributed by atoms with E-state index < -0.39 is 0 Å². The molecular formula is C7H5ClN2OS. The Morgan fingerprint density at radius 1 is 1.58 bits per heavy atom. The van der Waals surface area contributed by atoms with Crippen molar-refractivity contribution >= 4 is 22.9 Å². The molecule has 0 aliphatic heterocycles. The predicted octanol–water partition coefficient (Wildman–Crippen LogP) is 2.54. The molecular weight excluding hydrogens is 196 g/mol. The van der Waals surface area contributed by atoms with Crippen LogP contribution >= 0.6 is 22.9 Å². The number of hydrogen-bond acceptors (Lipinski definition) is 4. The molecule has 0 bridgehead atoms. The van der Waals surface area contributed by atoms with E-state index in [9.17, 15) is 0 Å². The first-order valence-electron chi connectivity index (χ1n) is 3.31. The maximum Gasteiger partial charge on any atom is 0.258 e. The van der Waals surface area contributed by atoms with E-state index in [2.05, 4.69) is 10.1 Å². The van der Waals surface area contributed by atoms with Gasteiger partial charge in [0, 0.05) is 5.38 Å². The van der Waals surface area contributed by atoms with Gasteiger partial charge in [0.1, 0.15) is 0 Å². The van der Waals surface area contributed by atoms with Crippen molar-refractivity contribution in [3.05, 3.63) is 22.7 Å². The number of rotatable bonds is 2. The normalized spacial score (nSPS) is 10.4. The molecule has 0 saturated heterocycles. The molecule has 5 heteroatoms. The third-order valence-electron chi connectivity index (χ3n) is 1.36. The highest BCUT2D eigenvalue weighted by Crippen LogP contribution is 2.19. The van der Waals surface area contributed by atoms with E-state index in [-0.39, 0.29) is 5.88 Å². The first kappa shape index (κ1) is 7.76. The van der Waals surface area contributed by atoms with Gasteiger partial charge in [-0.3, -0.25) is 0 Å². The molecule has 0 aliphatic rings. The van der Waals surface area contributed by atoms with Crippen LogP contribution in [0.4, 0.5) is 0 Å². The molecule has 2 rings (SSSR count). The molecule has 0 unspecified atom stereocenters. The summed E-state index contributed by atoms with van der Waals surface area (Å²) in [4.78, 5) is 4.07. The van der Waals surface area contributed by atoms with Gasteiger partial charge in [0.25, 0.3) is 5.89 Å². The van der Waals surface area contributed by atoms with Crippen LogP contribution in [0.5, 0.6) is 0 Å². The molecule has 0 aliphatic carbocycles. The quantitative estimate of drug-likeness (QED) is 0.700. The van der Waals surface area contributed by atoms with Crippen LogP contribution in [-0.2, 0) is 5.88 Å². The van der Waals surface area contributed by atoms with Crippen LogP contribution in [0, 0.1) is 0 Å². The fourth-order valence-electron chi connectivity index (χ4n) is 0.812. The highest BCUT2D eigenvalue weighted by Gasteiger charge is 2.07.